The first-order valence-corrected chi connectivity index (χ1v) is 4.86. The van der Waals surface area contributed by atoms with Crippen LogP contribution in [0.15, 0.2) is 28.7 Å². The fourth-order valence-electron chi connectivity index (χ4n) is 1.38. The summed E-state index contributed by atoms with van der Waals surface area (Å²) in [4.78, 5) is 4.09. The van der Waals surface area contributed by atoms with Crippen molar-refractivity contribution in [3.05, 3.63) is 35.4 Å². The van der Waals surface area contributed by atoms with Crippen molar-refractivity contribution in [2.75, 3.05) is 7.11 Å². The van der Waals surface area contributed by atoms with Gasteiger partial charge in [-0.2, -0.15) is 4.98 Å². The largest absolute Gasteiger partial charge is 0.497 e. The van der Waals surface area contributed by atoms with Crippen LogP contribution in [0.25, 0.3) is 11.3 Å². The lowest BCUT2D eigenvalue weighted by molar-refractivity contribution is 0.415. The topological polar surface area (TPSA) is 35.3 Å². The highest BCUT2D eigenvalue weighted by Gasteiger charge is 2.09. The lowest BCUT2D eigenvalue weighted by Crippen LogP contribution is -1.83. The van der Waals surface area contributed by atoms with E-state index < -0.39 is 0 Å². The van der Waals surface area contributed by atoms with Crippen molar-refractivity contribution in [3.8, 4) is 17.0 Å². The van der Waals surface area contributed by atoms with Gasteiger partial charge in [-0.3, -0.25) is 0 Å². The standard InChI is InChI=1S/C11H10ClNO2/c1-7-10(13-11(12)15-7)8-3-5-9(14-2)6-4-8/h3-6H,1-2H3. The van der Waals surface area contributed by atoms with E-state index >= 15 is 0 Å². The SMILES string of the molecule is COc1ccc(-c2nc(Cl)oc2C)cc1. The zero-order valence-electron chi connectivity index (χ0n) is 8.45. The van der Waals surface area contributed by atoms with Gasteiger partial charge in [-0.25, -0.2) is 0 Å². The Morgan fingerprint density at radius 3 is 2.40 bits per heavy atom. The summed E-state index contributed by atoms with van der Waals surface area (Å²) in [5.74, 6) is 1.52. The summed E-state index contributed by atoms with van der Waals surface area (Å²) in [6.07, 6.45) is 0. The van der Waals surface area contributed by atoms with Gasteiger partial charge in [0.25, 0.3) is 5.35 Å². The normalized spacial score (nSPS) is 10.3. The molecule has 0 aliphatic carbocycles. The van der Waals surface area contributed by atoms with Gasteiger partial charge in [0, 0.05) is 5.56 Å². The Labute approximate surface area is 92.6 Å². The summed E-state index contributed by atoms with van der Waals surface area (Å²) < 4.78 is 10.2. The number of aryl methyl sites for hydroxylation is 1. The number of methoxy groups -OCH3 is 1. The lowest BCUT2D eigenvalue weighted by Gasteiger charge is -2.00. The van der Waals surface area contributed by atoms with E-state index in [4.69, 9.17) is 20.8 Å². The number of halogens is 1. The molecule has 3 nitrogen and oxygen atoms in total. The maximum Gasteiger partial charge on any atom is 0.292 e. The van der Waals surface area contributed by atoms with E-state index in [1.165, 1.54) is 0 Å². The van der Waals surface area contributed by atoms with Gasteiger partial charge in [-0.15, -0.1) is 0 Å². The summed E-state index contributed by atoms with van der Waals surface area (Å²) in [7, 11) is 1.63. The van der Waals surface area contributed by atoms with Gasteiger partial charge in [0.15, 0.2) is 0 Å². The highest BCUT2D eigenvalue weighted by Crippen LogP contribution is 2.26. The van der Waals surface area contributed by atoms with Crippen LogP contribution in [-0.4, -0.2) is 12.1 Å². The second-order valence-electron chi connectivity index (χ2n) is 3.10. The molecule has 2 rings (SSSR count). The molecule has 78 valence electrons. The fourth-order valence-corrected chi connectivity index (χ4v) is 1.58. The molecule has 1 heterocycles. The summed E-state index contributed by atoms with van der Waals surface area (Å²) in [6, 6.07) is 7.58. The molecule has 0 aliphatic rings. The van der Waals surface area contributed by atoms with Crippen molar-refractivity contribution < 1.29 is 9.15 Å². The summed E-state index contributed by atoms with van der Waals surface area (Å²) in [5, 5.41) is 0.165. The van der Waals surface area contributed by atoms with E-state index in [2.05, 4.69) is 4.98 Å². The Bertz CT molecular complexity index is 462. The van der Waals surface area contributed by atoms with Gasteiger partial charge in [-0.1, -0.05) is 0 Å². The molecule has 0 aliphatic heterocycles. The fraction of sp³-hybridized carbons (Fsp3) is 0.182. The summed E-state index contributed by atoms with van der Waals surface area (Å²) >= 11 is 5.67. The maximum atomic E-state index is 5.67. The number of nitrogens with zero attached hydrogens (tertiary/aromatic N) is 1. The molecule has 0 saturated carbocycles. The van der Waals surface area contributed by atoms with E-state index in [-0.39, 0.29) is 5.35 Å². The average molecular weight is 224 g/mol. The van der Waals surface area contributed by atoms with Gasteiger partial charge in [0.1, 0.15) is 17.2 Å². The number of rotatable bonds is 2. The first-order chi connectivity index (χ1) is 7.20. The van der Waals surface area contributed by atoms with Crippen molar-refractivity contribution in [1.82, 2.24) is 4.98 Å². The number of hydrogen-bond acceptors (Lipinski definition) is 3. The minimum atomic E-state index is 0.165. The molecule has 0 spiro atoms. The Morgan fingerprint density at radius 2 is 1.93 bits per heavy atom. The number of oxazole rings is 1. The van der Waals surface area contributed by atoms with Gasteiger partial charge < -0.3 is 9.15 Å². The quantitative estimate of drug-likeness (QED) is 0.784. The molecule has 0 bridgehead atoms. The Balaban J connectivity index is 2.41. The molecule has 0 radical (unpaired) electrons. The molecule has 0 amide bonds. The molecule has 0 fully saturated rings. The van der Waals surface area contributed by atoms with Crippen LogP contribution in [0.5, 0.6) is 5.75 Å². The number of hydrogen-bond donors (Lipinski definition) is 0. The predicted molar refractivity (Wildman–Crippen MR) is 58.2 cm³/mol. The number of aromatic nitrogens is 1. The Hall–Kier alpha value is -1.48. The van der Waals surface area contributed by atoms with E-state index in [1.807, 2.05) is 31.2 Å². The monoisotopic (exact) mass is 223 g/mol. The van der Waals surface area contributed by atoms with Crippen molar-refractivity contribution in [3.63, 3.8) is 0 Å². The molecule has 1 aromatic heterocycles. The minimum Gasteiger partial charge on any atom is -0.497 e. The van der Waals surface area contributed by atoms with E-state index in [9.17, 15) is 0 Å². The van der Waals surface area contributed by atoms with Crippen molar-refractivity contribution >= 4 is 11.6 Å². The molecule has 4 heteroatoms. The van der Waals surface area contributed by atoms with Gasteiger partial charge in [0.2, 0.25) is 0 Å². The van der Waals surface area contributed by atoms with Crippen molar-refractivity contribution in [2.45, 2.75) is 6.92 Å². The van der Waals surface area contributed by atoms with E-state index in [0.717, 1.165) is 17.0 Å². The first kappa shape index (κ1) is 10.1. The molecule has 1 aromatic carbocycles. The highest BCUT2D eigenvalue weighted by atomic mass is 35.5. The summed E-state index contributed by atoms with van der Waals surface area (Å²) in [6.45, 7) is 1.83. The van der Waals surface area contributed by atoms with Crippen LogP contribution in [-0.2, 0) is 0 Å². The third kappa shape index (κ3) is 1.97. The van der Waals surface area contributed by atoms with Crippen LogP contribution in [0.2, 0.25) is 5.35 Å². The zero-order chi connectivity index (χ0) is 10.8. The van der Waals surface area contributed by atoms with Crippen LogP contribution in [0, 0.1) is 6.92 Å². The predicted octanol–water partition coefficient (Wildman–Crippen LogP) is 3.31. The van der Waals surface area contributed by atoms with Gasteiger partial charge in [0.05, 0.1) is 7.11 Å². The molecular formula is C11H10ClNO2. The van der Waals surface area contributed by atoms with E-state index in [1.54, 1.807) is 7.11 Å². The van der Waals surface area contributed by atoms with E-state index in [0.29, 0.717) is 5.76 Å². The molecule has 0 saturated heterocycles. The number of benzene rings is 1. The van der Waals surface area contributed by atoms with Crippen LogP contribution in [0.1, 0.15) is 5.76 Å². The third-order valence-electron chi connectivity index (χ3n) is 2.13. The molecule has 0 N–H and O–H groups in total. The molecular weight excluding hydrogens is 214 g/mol. The Kier molecular flexibility index (Phi) is 2.64. The van der Waals surface area contributed by atoms with Crippen molar-refractivity contribution in [2.24, 2.45) is 0 Å². The molecule has 2 aromatic rings. The minimum absolute atomic E-state index is 0.165. The van der Waals surface area contributed by atoms with Crippen molar-refractivity contribution in [1.29, 1.82) is 0 Å². The average Bonchev–Trinajstić information content (AvgIpc) is 2.58. The first-order valence-electron chi connectivity index (χ1n) is 4.48. The van der Waals surface area contributed by atoms with Crippen LogP contribution >= 0.6 is 11.6 Å². The third-order valence-corrected chi connectivity index (χ3v) is 2.30. The molecule has 0 unspecified atom stereocenters. The van der Waals surface area contributed by atoms with Crippen LogP contribution in [0.3, 0.4) is 0 Å². The second-order valence-corrected chi connectivity index (χ2v) is 3.42. The Morgan fingerprint density at radius 1 is 1.27 bits per heavy atom. The lowest BCUT2D eigenvalue weighted by atomic mass is 10.1. The smallest absolute Gasteiger partial charge is 0.292 e. The highest BCUT2D eigenvalue weighted by molar-refractivity contribution is 6.27. The van der Waals surface area contributed by atoms with Crippen LogP contribution < -0.4 is 4.74 Å². The second kappa shape index (κ2) is 3.95. The maximum absolute atomic E-state index is 5.67. The number of ether oxygens (including phenoxy) is 1. The summed E-state index contributed by atoms with van der Waals surface area (Å²) in [5.41, 5.74) is 1.73. The van der Waals surface area contributed by atoms with Crippen LogP contribution in [0.4, 0.5) is 0 Å². The molecule has 0 atom stereocenters. The zero-order valence-corrected chi connectivity index (χ0v) is 9.21. The van der Waals surface area contributed by atoms with Gasteiger partial charge >= 0.3 is 0 Å². The van der Waals surface area contributed by atoms with Gasteiger partial charge in [-0.05, 0) is 42.8 Å². The molecule has 15 heavy (non-hydrogen) atoms.